The van der Waals surface area contributed by atoms with Crippen molar-refractivity contribution in [2.75, 3.05) is 13.1 Å². The molecule has 9 heteroatoms. The molecule has 0 saturated carbocycles. The highest BCUT2D eigenvalue weighted by Gasteiger charge is 2.37. The molecule has 1 atom stereocenters. The number of carbonyl (C=O) groups is 1. The van der Waals surface area contributed by atoms with Gasteiger partial charge in [0.25, 0.3) is 0 Å². The molecular formula is C19H21N3O5S. The van der Waals surface area contributed by atoms with Crippen molar-refractivity contribution in [3.63, 3.8) is 0 Å². The third-order valence-corrected chi connectivity index (χ3v) is 6.86. The molecule has 0 spiro atoms. The first-order valence-electron chi connectivity index (χ1n) is 8.91. The fraction of sp³-hybridized carbons (Fsp3) is 0.421. The molecule has 2 aromatic rings. The van der Waals surface area contributed by atoms with Gasteiger partial charge in [0.2, 0.25) is 10.0 Å². The molecule has 0 N–H and O–H groups in total. The van der Waals surface area contributed by atoms with E-state index >= 15 is 0 Å². The van der Waals surface area contributed by atoms with Crippen LogP contribution in [0.4, 0.5) is 0 Å². The van der Waals surface area contributed by atoms with Gasteiger partial charge in [0.1, 0.15) is 17.2 Å². The summed E-state index contributed by atoms with van der Waals surface area (Å²) in [5, 5.41) is 12.5. The van der Waals surface area contributed by atoms with Gasteiger partial charge in [0.05, 0.1) is 17.6 Å². The lowest BCUT2D eigenvalue weighted by Crippen LogP contribution is -2.43. The fourth-order valence-electron chi connectivity index (χ4n) is 3.27. The Bertz CT molecular complexity index is 986. The molecule has 3 rings (SSSR count). The van der Waals surface area contributed by atoms with Crippen LogP contribution in [0.2, 0.25) is 0 Å². The van der Waals surface area contributed by atoms with E-state index in [1.807, 2.05) is 6.07 Å². The van der Waals surface area contributed by atoms with Crippen molar-refractivity contribution in [2.24, 2.45) is 5.92 Å². The highest BCUT2D eigenvalue weighted by atomic mass is 32.2. The largest absolute Gasteiger partial charge is 0.461 e. The van der Waals surface area contributed by atoms with Crippen molar-refractivity contribution >= 4 is 16.0 Å². The highest BCUT2D eigenvalue weighted by Crippen LogP contribution is 2.28. The number of ether oxygens (including phenoxy) is 1. The SMILES string of the molecule is Cc1noc(C)c1S(=O)(=O)N1CCCC(C(=O)OCc2ccc(C#N)cc2)C1. The molecule has 2 heterocycles. The molecule has 1 aromatic heterocycles. The van der Waals surface area contributed by atoms with Gasteiger partial charge >= 0.3 is 5.97 Å². The van der Waals surface area contributed by atoms with Gasteiger partial charge < -0.3 is 9.26 Å². The van der Waals surface area contributed by atoms with Gasteiger partial charge in [-0.3, -0.25) is 4.79 Å². The molecule has 8 nitrogen and oxygen atoms in total. The normalized spacial score (nSPS) is 17.8. The number of esters is 1. The zero-order valence-electron chi connectivity index (χ0n) is 15.7. The van der Waals surface area contributed by atoms with Crippen LogP contribution in [0, 0.1) is 31.1 Å². The van der Waals surface area contributed by atoms with Gasteiger partial charge in [-0.2, -0.15) is 9.57 Å². The smallest absolute Gasteiger partial charge is 0.310 e. The quantitative estimate of drug-likeness (QED) is 0.704. The summed E-state index contributed by atoms with van der Waals surface area (Å²) < 4.78 is 37.5. The highest BCUT2D eigenvalue weighted by molar-refractivity contribution is 7.89. The van der Waals surface area contributed by atoms with Gasteiger partial charge in [-0.05, 0) is 44.4 Å². The van der Waals surface area contributed by atoms with Crippen molar-refractivity contribution in [3.05, 3.63) is 46.8 Å². The molecule has 1 fully saturated rings. The molecular weight excluding hydrogens is 382 g/mol. The number of aromatic nitrogens is 1. The number of hydrogen-bond acceptors (Lipinski definition) is 7. The fourth-order valence-corrected chi connectivity index (χ4v) is 5.09. The summed E-state index contributed by atoms with van der Waals surface area (Å²) in [6.07, 6.45) is 1.14. The summed E-state index contributed by atoms with van der Waals surface area (Å²) in [6, 6.07) is 8.78. The van der Waals surface area contributed by atoms with Crippen LogP contribution >= 0.6 is 0 Å². The predicted molar refractivity (Wildman–Crippen MR) is 98.4 cm³/mol. The summed E-state index contributed by atoms with van der Waals surface area (Å²) in [7, 11) is -3.78. The number of benzene rings is 1. The van der Waals surface area contributed by atoms with E-state index in [2.05, 4.69) is 5.16 Å². The number of nitriles is 1. The van der Waals surface area contributed by atoms with Crippen molar-refractivity contribution in [2.45, 2.75) is 38.2 Å². The number of rotatable bonds is 5. The first-order valence-corrected chi connectivity index (χ1v) is 10.4. The average Bonchev–Trinajstić information content (AvgIpc) is 3.05. The first kappa shape index (κ1) is 20.0. The Morgan fingerprint density at radius 2 is 2.07 bits per heavy atom. The minimum atomic E-state index is -3.78. The average molecular weight is 403 g/mol. The Hall–Kier alpha value is -2.70. The summed E-state index contributed by atoms with van der Waals surface area (Å²) in [5.74, 6) is -0.714. The summed E-state index contributed by atoms with van der Waals surface area (Å²) in [6.45, 7) is 3.62. The molecule has 0 aliphatic carbocycles. The third-order valence-electron chi connectivity index (χ3n) is 4.75. The van der Waals surface area contributed by atoms with E-state index in [1.165, 1.54) is 4.31 Å². The van der Waals surface area contributed by atoms with E-state index in [4.69, 9.17) is 14.5 Å². The lowest BCUT2D eigenvalue weighted by Gasteiger charge is -2.30. The van der Waals surface area contributed by atoms with E-state index < -0.39 is 21.9 Å². The van der Waals surface area contributed by atoms with E-state index in [0.717, 1.165) is 5.56 Å². The van der Waals surface area contributed by atoms with Crippen LogP contribution in [0.1, 0.15) is 35.4 Å². The van der Waals surface area contributed by atoms with Gasteiger partial charge in [-0.25, -0.2) is 8.42 Å². The van der Waals surface area contributed by atoms with Crippen molar-refractivity contribution < 1.29 is 22.5 Å². The number of aryl methyl sites for hydroxylation is 2. The number of carbonyl (C=O) groups excluding carboxylic acids is 1. The number of nitrogens with zero attached hydrogens (tertiary/aromatic N) is 3. The second-order valence-corrected chi connectivity index (χ2v) is 8.65. The summed E-state index contributed by atoms with van der Waals surface area (Å²) in [5.41, 5.74) is 1.61. The zero-order valence-corrected chi connectivity index (χ0v) is 16.5. The van der Waals surface area contributed by atoms with Crippen molar-refractivity contribution in [1.29, 1.82) is 5.26 Å². The van der Waals surface area contributed by atoms with Crippen LogP contribution in [0.25, 0.3) is 0 Å². The van der Waals surface area contributed by atoms with Gasteiger partial charge in [0.15, 0.2) is 5.76 Å². The Morgan fingerprint density at radius 1 is 1.36 bits per heavy atom. The van der Waals surface area contributed by atoms with Crippen LogP contribution in [-0.4, -0.2) is 36.9 Å². The Labute approximate surface area is 163 Å². The molecule has 1 aromatic carbocycles. The topological polar surface area (TPSA) is 114 Å². The molecule has 1 aliphatic heterocycles. The monoisotopic (exact) mass is 403 g/mol. The molecule has 148 valence electrons. The maximum absolute atomic E-state index is 12.9. The van der Waals surface area contributed by atoms with E-state index in [-0.39, 0.29) is 23.8 Å². The van der Waals surface area contributed by atoms with Crippen LogP contribution in [-0.2, 0) is 26.2 Å². The van der Waals surface area contributed by atoms with Crippen LogP contribution in [0.3, 0.4) is 0 Å². The first-order chi connectivity index (χ1) is 13.3. The Kier molecular flexibility index (Phi) is 5.82. The van der Waals surface area contributed by atoms with Crippen LogP contribution < -0.4 is 0 Å². The second-order valence-electron chi connectivity index (χ2n) is 6.77. The van der Waals surface area contributed by atoms with E-state index in [0.29, 0.717) is 30.6 Å². The summed E-state index contributed by atoms with van der Waals surface area (Å²) in [4.78, 5) is 12.5. The number of sulfonamides is 1. The van der Waals surface area contributed by atoms with Crippen LogP contribution in [0.5, 0.6) is 0 Å². The zero-order chi connectivity index (χ0) is 20.3. The molecule has 1 unspecified atom stereocenters. The van der Waals surface area contributed by atoms with E-state index in [9.17, 15) is 13.2 Å². The number of piperidine rings is 1. The lowest BCUT2D eigenvalue weighted by atomic mass is 10.00. The van der Waals surface area contributed by atoms with Gasteiger partial charge in [0, 0.05) is 13.1 Å². The minimum absolute atomic E-state index is 0.0681. The molecule has 1 aliphatic rings. The van der Waals surface area contributed by atoms with Crippen molar-refractivity contribution in [1.82, 2.24) is 9.46 Å². The molecule has 0 bridgehead atoms. The van der Waals surface area contributed by atoms with Gasteiger partial charge in [-0.15, -0.1) is 0 Å². The molecule has 0 radical (unpaired) electrons. The standard InChI is InChI=1S/C19H21N3O5S/c1-13-18(14(2)27-21-13)28(24,25)22-9-3-4-17(11-22)19(23)26-12-16-7-5-15(10-20)6-8-16/h5-8,17H,3-4,9,11-12H2,1-2H3. The Morgan fingerprint density at radius 3 is 2.68 bits per heavy atom. The maximum atomic E-state index is 12.9. The predicted octanol–water partition coefficient (Wildman–Crippen LogP) is 2.31. The van der Waals surface area contributed by atoms with Gasteiger partial charge in [-0.1, -0.05) is 17.3 Å². The number of hydrogen-bond donors (Lipinski definition) is 0. The molecule has 0 amide bonds. The third kappa shape index (κ3) is 4.08. The minimum Gasteiger partial charge on any atom is -0.461 e. The van der Waals surface area contributed by atoms with Crippen LogP contribution in [0.15, 0.2) is 33.7 Å². The van der Waals surface area contributed by atoms with Crippen molar-refractivity contribution in [3.8, 4) is 6.07 Å². The lowest BCUT2D eigenvalue weighted by molar-refractivity contribution is -0.151. The summed E-state index contributed by atoms with van der Waals surface area (Å²) >= 11 is 0. The molecule has 28 heavy (non-hydrogen) atoms. The Balaban J connectivity index is 1.65. The van der Waals surface area contributed by atoms with E-state index in [1.54, 1.807) is 38.1 Å². The maximum Gasteiger partial charge on any atom is 0.310 e. The molecule has 1 saturated heterocycles. The second kappa shape index (κ2) is 8.12.